The van der Waals surface area contributed by atoms with Gasteiger partial charge in [-0.25, -0.2) is 4.39 Å². The molecule has 1 saturated heterocycles. The van der Waals surface area contributed by atoms with Gasteiger partial charge in [-0.05, 0) is 38.0 Å². The van der Waals surface area contributed by atoms with Crippen molar-refractivity contribution in [1.82, 2.24) is 4.90 Å². The molecule has 146 valence electrons. The summed E-state index contributed by atoms with van der Waals surface area (Å²) in [6.07, 6.45) is 3.22. The lowest BCUT2D eigenvalue weighted by molar-refractivity contribution is -0.157. The molecule has 0 spiro atoms. The van der Waals surface area contributed by atoms with Gasteiger partial charge in [-0.1, -0.05) is 24.4 Å². The van der Waals surface area contributed by atoms with Gasteiger partial charge in [-0.15, -0.1) is 0 Å². The Bertz CT molecular complexity index is 751. The Kier molecular flexibility index (Phi) is 5.99. The van der Waals surface area contributed by atoms with Crippen molar-refractivity contribution < 1.29 is 23.5 Å². The van der Waals surface area contributed by atoms with Crippen LogP contribution < -0.4 is 5.32 Å². The maximum absolute atomic E-state index is 13.1. The number of hydrogen-bond acceptors (Lipinski definition) is 4. The normalized spacial score (nSPS) is 21.4. The lowest BCUT2D eigenvalue weighted by Gasteiger charge is -2.24. The highest BCUT2D eigenvalue weighted by Crippen LogP contribution is 2.30. The molecule has 8 heteroatoms. The standard InChI is InChI=1S/C19H22ClFN2O4/c1-11(18(25)22-16-7-6-13(21)9-15(16)20)27-19(26)12-8-17(24)23(10-12)14-4-2-3-5-14/h6-7,9,11-12,14H,2-5,8,10H2,1H3,(H,22,25)/t11-,12-/m1/s1. The second-order valence-electron chi connectivity index (χ2n) is 7.08. The number of rotatable bonds is 5. The summed E-state index contributed by atoms with van der Waals surface area (Å²) in [7, 11) is 0. The number of esters is 1. The Morgan fingerprint density at radius 2 is 2.04 bits per heavy atom. The van der Waals surface area contributed by atoms with Crippen LogP contribution in [0.4, 0.5) is 10.1 Å². The maximum Gasteiger partial charge on any atom is 0.312 e. The Morgan fingerprint density at radius 1 is 1.33 bits per heavy atom. The zero-order chi connectivity index (χ0) is 19.6. The first-order chi connectivity index (χ1) is 12.8. The van der Waals surface area contributed by atoms with Crippen molar-refractivity contribution in [2.24, 2.45) is 5.92 Å². The molecule has 0 bridgehead atoms. The van der Waals surface area contributed by atoms with Crippen molar-refractivity contribution in [3.8, 4) is 0 Å². The zero-order valence-corrected chi connectivity index (χ0v) is 15.8. The number of hydrogen-bond donors (Lipinski definition) is 1. The van der Waals surface area contributed by atoms with Gasteiger partial charge in [-0.3, -0.25) is 14.4 Å². The van der Waals surface area contributed by atoms with Crippen LogP contribution in [0.2, 0.25) is 5.02 Å². The summed E-state index contributed by atoms with van der Waals surface area (Å²) >= 11 is 5.88. The molecular weight excluding hydrogens is 375 g/mol. The van der Waals surface area contributed by atoms with Crippen LogP contribution in [0.1, 0.15) is 39.0 Å². The van der Waals surface area contributed by atoms with Crippen LogP contribution in [-0.4, -0.2) is 41.4 Å². The first kappa shape index (κ1) is 19.6. The lowest BCUT2D eigenvalue weighted by Crippen LogP contribution is -2.36. The predicted octanol–water partition coefficient (Wildman–Crippen LogP) is 3.14. The van der Waals surface area contributed by atoms with Crippen LogP contribution in [0.25, 0.3) is 0 Å². The van der Waals surface area contributed by atoms with Gasteiger partial charge in [0.1, 0.15) is 5.82 Å². The largest absolute Gasteiger partial charge is 0.452 e. The zero-order valence-electron chi connectivity index (χ0n) is 15.0. The highest BCUT2D eigenvalue weighted by atomic mass is 35.5. The van der Waals surface area contributed by atoms with E-state index in [1.165, 1.54) is 19.1 Å². The molecule has 1 aliphatic heterocycles. The molecule has 1 N–H and O–H groups in total. The lowest BCUT2D eigenvalue weighted by atomic mass is 10.1. The topological polar surface area (TPSA) is 75.7 Å². The monoisotopic (exact) mass is 396 g/mol. The van der Waals surface area contributed by atoms with E-state index in [0.717, 1.165) is 31.7 Å². The van der Waals surface area contributed by atoms with Crippen LogP contribution in [0.3, 0.4) is 0 Å². The second kappa shape index (κ2) is 8.25. The molecule has 1 aromatic rings. The number of ether oxygens (including phenoxy) is 1. The van der Waals surface area contributed by atoms with Gasteiger partial charge in [0.05, 0.1) is 16.6 Å². The molecular formula is C19H22ClFN2O4. The quantitative estimate of drug-likeness (QED) is 0.776. The van der Waals surface area contributed by atoms with E-state index in [-0.39, 0.29) is 29.1 Å². The molecule has 2 aliphatic rings. The third-order valence-corrected chi connectivity index (χ3v) is 5.42. The van der Waals surface area contributed by atoms with Gasteiger partial charge in [0.15, 0.2) is 6.10 Å². The minimum Gasteiger partial charge on any atom is -0.452 e. The number of likely N-dealkylation sites (tertiary alicyclic amines) is 1. The van der Waals surface area contributed by atoms with Gasteiger partial charge in [0.2, 0.25) is 5.91 Å². The third kappa shape index (κ3) is 4.58. The summed E-state index contributed by atoms with van der Waals surface area (Å²) in [4.78, 5) is 38.6. The molecule has 1 heterocycles. The molecule has 2 atom stereocenters. The van der Waals surface area contributed by atoms with E-state index in [2.05, 4.69) is 5.32 Å². The van der Waals surface area contributed by atoms with E-state index in [4.69, 9.17) is 16.3 Å². The Hall–Kier alpha value is -2.15. The molecule has 1 aromatic carbocycles. The van der Waals surface area contributed by atoms with Crippen molar-refractivity contribution >= 4 is 35.1 Å². The Morgan fingerprint density at radius 3 is 2.70 bits per heavy atom. The van der Waals surface area contributed by atoms with E-state index >= 15 is 0 Å². The number of amides is 2. The fourth-order valence-corrected chi connectivity index (χ4v) is 3.82. The minimum atomic E-state index is -1.06. The van der Waals surface area contributed by atoms with Crippen molar-refractivity contribution in [2.75, 3.05) is 11.9 Å². The fraction of sp³-hybridized carbons (Fsp3) is 0.526. The summed E-state index contributed by atoms with van der Waals surface area (Å²) in [5, 5.41) is 2.55. The van der Waals surface area contributed by atoms with Gasteiger partial charge < -0.3 is 15.0 Å². The minimum absolute atomic E-state index is 0.0287. The smallest absolute Gasteiger partial charge is 0.312 e. The molecule has 2 fully saturated rings. The molecule has 1 aliphatic carbocycles. The molecule has 0 radical (unpaired) electrons. The SMILES string of the molecule is C[C@@H](OC(=O)[C@@H]1CC(=O)N(C2CCCC2)C1)C(=O)Nc1ccc(F)cc1Cl. The summed E-state index contributed by atoms with van der Waals surface area (Å²) in [6, 6.07) is 3.80. The summed E-state index contributed by atoms with van der Waals surface area (Å²) in [5.41, 5.74) is 0.231. The summed E-state index contributed by atoms with van der Waals surface area (Å²) in [5.74, 6) is -2.23. The average molecular weight is 397 g/mol. The van der Waals surface area contributed by atoms with Crippen LogP contribution in [-0.2, 0) is 19.1 Å². The number of anilines is 1. The maximum atomic E-state index is 13.1. The molecule has 3 rings (SSSR count). The molecule has 1 saturated carbocycles. The molecule has 2 amide bonds. The van der Waals surface area contributed by atoms with Crippen molar-refractivity contribution in [1.29, 1.82) is 0 Å². The second-order valence-corrected chi connectivity index (χ2v) is 7.49. The highest BCUT2D eigenvalue weighted by molar-refractivity contribution is 6.33. The average Bonchev–Trinajstić information content (AvgIpc) is 3.26. The third-order valence-electron chi connectivity index (χ3n) is 5.11. The molecule has 0 aromatic heterocycles. The molecule has 0 unspecified atom stereocenters. The Balaban J connectivity index is 1.54. The van der Waals surface area contributed by atoms with Gasteiger partial charge >= 0.3 is 5.97 Å². The van der Waals surface area contributed by atoms with Crippen LogP contribution in [0, 0.1) is 11.7 Å². The summed E-state index contributed by atoms with van der Waals surface area (Å²) in [6.45, 7) is 1.79. The van der Waals surface area contributed by atoms with Crippen LogP contribution in [0.15, 0.2) is 18.2 Å². The highest BCUT2D eigenvalue weighted by Gasteiger charge is 2.40. The fourth-order valence-electron chi connectivity index (χ4n) is 3.61. The van der Waals surface area contributed by atoms with Gasteiger partial charge in [-0.2, -0.15) is 0 Å². The van der Waals surface area contributed by atoms with Crippen LogP contribution in [0.5, 0.6) is 0 Å². The number of halogens is 2. The number of carbonyl (C=O) groups excluding carboxylic acids is 3. The molecule has 6 nitrogen and oxygen atoms in total. The molecule has 27 heavy (non-hydrogen) atoms. The van der Waals surface area contributed by atoms with Crippen LogP contribution >= 0.6 is 11.6 Å². The summed E-state index contributed by atoms with van der Waals surface area (Å²) < 4.78 is 18.3. The van der Waals surface area contributed by atoms with E-state index in [1.807, 2.05) is 0 Å². The number of benzene rings is 1. The van der Waals surface area contributed by atoms with Gasteiger partial charge in [0, 0.05) is 19.0 Å². The van der Waals surface area contributed by atoms with E-state index < -0.39 is 29.7 Å². The van der Waals surface area contributed by atoms with E-state index in [0.29, 0.717) is 6.54 Å². The number of carbonyl (C=O) groups is 3. The first-order valence-electron chi connectivity index (χ1n) is 9.11. The van der Waals surface area contributed by atoms with Crippen molar-refractivity contribution in [2.45, 2.75) is 51.2 Å². The Labute approximate surface area is 162 Å². The van der Waals surface area contributed by atoms with E-state index in [1.54, 1.807) is 4.90 Å². The number of nitrogens with one attached hydrogen (secondary N) is 1. The number of nitrogens with zero attached hydrogens (tertiary/aromatic N) is 1. The predicted molar refractivity (Wildman–Crippen MR) is 97.7 cm³/mol. The van der Waals surface area contributed by atoms with Crippen molar-refractivity contribution in [3.63, 3.8) is 0 Å². The van der Waals surface area contributed by atoms with E-state index in [9.17, 15) is 18.8 Å². The van der Waals surface area contributed by atoms with Crippen molar-refractivity contribution in [3.05, 3.63) is 29.0 Å². The first-order valence-corrected chi connectivity index (χ1v) is 9.49. The van der Waals surface area contributed by atoms with Gasteiger partial charge in [0.25, 0.3) is 5.91 Å².